The Kier molecular flexibility index (Phi) is 216. The molecule has 0 aliphatic rings. The molecule has 0 bridgehead atoms. The maximum absolute atomic E-state index is 0. The molecule has 0 unspecified atom stereocenters. The van der Waals surface area contributed by atoms with Gasteiger partial charge in [-0.25, -0.2) is 0 Å². The summed E-state index contributed by atoms with van der Waals surface area (Å²) in [5.74, 6) is 0. The standard InChI is InChI=1S/Ba.3BrH.ClH2/h;3*1H;1H2/q+2;;;;+1/p-3. The van der Waals surface area contributed by atoms with E-state index >= 15 is 0 Å². The molecule has 32 valence electrons. The molecule has 0 spiro atoms. The minimum Gasteiger partial charge on any atom is -1.00 e. The molecule has 0 heterocycles. The van der Waals surface area contributed by atoms with Crippen LogP contribution in [0.5, 0.6) is 0 Å². The van der Waals surface area contributed by atoms with Gasteiger partial charge in [-0.2, -0.15) is 0 Å². The molecule has 0 fully saturated rings. The van der Waals surface area contributed by atoms with Gasteiger partial charge in [0.05, 0.1) is 12.4 Å². The van der Waals surface area contributed by atoms with Crippen molar-refractivity contribution in [1.82, 2.24) is 0 Å². The topological polar surface area (TPSA) is 0 Å². The van der Waals surface area contributed by atoms with Crippen LogP contribution in [0.1, 0.15) is 0 Å². The van der Waals surface area contributed by atoms with Crippen molar-refractivity contribution in [3.63, 3.8) is 0 Å². The maximum Gasteiger partial charge on any atom is 2.00 e. The first-order valence-electron chi connectivity index (χ1n) is 0. The van der Waals surface area contributed by atoms with E-state index < -0.39 is 0 Å². The van der Waals surface area contributed by atoms with Gasteiger partial charge in [-0.3, -0.25) is 0 Å². The Balaban J connectivity index is 0. The predicted molar refractivity (Wildman–Crippen MR) is 8.54 cm³/mol. The molecular weight excluding hydrogens is 412 g/mol. The van der Waals surface area contributed by atoms with Crippen LogP contribution < -0.4 is 50.9 Å². The van der Waals surface area contributed by atoms with Crippen molar-refractivity contribution in [3.05, 3.63) is 0 Å². The minimum absolute atomic E-state index is 0. The van der Waals surface area contributed by atoms with Gasteiger partial charge in [-0.05, 0) is 0 Å². The largest absolute Gasteiger partial charge is 2.00 e. The summed E-state index contributed by atoms with van der Waals surface area (Å²) < 4.78 is 0. The van der Waals surface area contributed by atoms with E-state index in [1.54, 1.807) is 0 Å². The van der Waals surface area contributed by atoms with Gasteiger partial charge in [0.25, 0.3) is 0 Å². The van der Waals surface area contributed by atoms with Crippen LogP contribution in [0.2, 0.25) is 0 Å². The molecule has 0 aromatic carbocycles. The molecule has 0 aliphatic heterocycles. The summed E-state index contributed by atoms with van der Waals surface area (Å²) in [5.41, 5.74) is 0. The Morgan fingerprint density at radius 1 is 0.600 bits per heavy atom. The molecule has 0 saturated heterocycles. The molecule has 0 radical (unpaired) electrons. The number of hydrogen-bond acceptors (Lipinski definition) is 0. The van der Waals surface area contributed by atoms with Gasteiger partial charge in [-0.15, -0.1) is 0 Å². The van der Waals surface area contributed by atoms with Gasteiger partial charge >= 0.3 is 48.9 Å². The Labute approximate surface area is 110 Å². The molecule has 0 aromatic rings. The van der Waals surface area contributed by atoms with E-state index in [-0.39, 0.29) is 112 Å². The van der Waals surface area contributed by atoms with Crippen molar-refractivity contribution >= 4 is 48.9 Å². The van der Waals surface area contributed by atoms with E-state index in [9.17, 15) is 0 Å². The molecular formula is H2BaBr3Cl. The van der Waals surface area contributed by atoms with Gasteiger partial charge in [-0.1, -0.05) is 0 Å². The molecule has 0 aromatic heterocycles. The van der Waals surface area contributed by atoms with Crippen molar-refractivity contribution in [1.29, 1.82) is 0 Å². The summed E-state index contributed by atoms with van der Waals surface area (Å²) in [6, 6.07) is 0. The van der Waals surface area contributed by atoms with Gasteiger partial charge in [0.2, 0.25) is 0 Å². The Hall–Kier alpha value is 3.30. The average Bonchev–Trinajstić information content (AvgIpc) is 0. The molecule has 5 heavy (non-hydrogen) atoms. The average molecular weight is 415 g/mol. The first kappa shape index (κ1) is 40.6. The zero-order chi connectivity index (χ0) is 0. The van der Waals surface area contributed by atoms with Gasteiger partial charge in [0, 0.05) is 0 Å². The van der Waals surface area contributed by atoms with Crippen LogP contribution >= 0.6 is 0 Å². The zero-order valence-corrected chi connectivity index (χ0v) is 12.4. The second kappa shape index (κ2) is 26.6. The summed E-state index contributed by atoms with van der Waals surface area (Å²) in [7, 11) is 0. The third-order valence-corrected chi connectivity index (χ3v) is 0. The fourth-order valence-corrected chi connectivity index (χ4v) is 0. The molecule has 0 nitrogen and oxygen atoms in total. The molecule has 5 heteroatoms. The molecule has 0 rings (SSSR count). The normalized spacial score (nSPS) is 0. The first-order chi connectivity index (χ1) is 0. The summed E-state index contributed by atoms with van der Waals surface area (Å²) in [4.78, 5) is 0. The van der Waals surface area contributed by atoms with Crippen molar-refractivity contribution in [3.8, 4) is 0 Å². The molecule has 0 atom stereocenters. The van der Waals surface area contributed by atoms with Crippen LogP contribution in [0.3, 0.4) is 0 Å². The van der Waals surface area contributed by atoms with E-state index in [1.165, 1.54) is 0 Å². The fraction of sp³-hybridized carbons (Fsp3) is 0. The molecule has 0 aliphatic carbocycles. The van der Waals surface area contributed by atoms with Crippen molar-refractivity contribution < 1.29 is 63.4 Å². The second-order valence-corrected chi connectivity index (χ2v) is 0. The molecule has 0 amide bonds. The smallest absolute Gasteiger partial charge is 1.00 e. The van der Waals surface area contributed by atoms with E-state index in [0.29, 0.717) is 0 Å². The van der Waals surface area contributed by atoms with Crippen molar-refractivity contribution in [2.75, 3.05) is 0 Å². The van der Waals surface area contributed by atoms with Gasteiger partial charge < -0.3 is 50.9 Å². The number of hydrogen-bond donors (Lipinski definition) is 0. The third kappa shape index (κ3) is 18.8. The Morgan fingerprint density at radius 2 is 0.600 bits per heavy atom. The number of halogens is 4. The van der Waals surface area contributed by atoms with Crippen LogP contribution in [-0.4, -0.2) is 48.9 Å². The Morgan fingerprint density at radius 3 is 0.600 bits per heavy atom. The predicted octanol–water partition coefficient (Wildman–Crippen LogP) is -9.90. The van der Waals surface area contributed by atoms with E-state index in [4.69, 9.17) is 0 Å². The van der Waals surface area contributed by atoms with E-state index in [0.717, 1.165) is 0 Å². The summed E-state index contributed by atoms with van der Waals surface area (Å²) in [5, 5.41) is 0. The summed E-state index contributed by atoms with van der Waals surface area (Å²) in [6.45, 7) is 0. The zero-order valence-electron chi connectivity index (χ0n) is 2.29. The summed E-state index contributed by atoms with van der Waals surface area (Å²) in [6.07, 6.45) is 0. The Bertz CT molecular complexity index is 6.85. The third-order valence-electron chi connectivity index (χ3n) is 0. The van der Waals surface area contributed by atoms with Crippen LogP contribution in [0.25, 0.3) is 0 Å². The van der Waals surface area contributed by atoms with Crippen LogP contribution in [0.4, 0.5) is 0 Å². The fourth-order valence-electron chi connectivity index (χ4n) is 0. The van der Waals surface area contributed by atoms with E-state index in [1.807, 2.05) is 0 Å². The molecule has 0 saturated carbocycles. The monoisotopic (exact) mass is 412 g/mol. The van der Waals surface area contributed by atoms with Crippen LogP contribution in [-0.2, 0) is 0 Å². The van der Waals surface area contributed by atoms with E-state index in [2.05, 4.69) is 0 Å². The SMILES string of the molecule is [Ba+2].[Br-].[Br-].[Br-].[ClH2+]. The van der Waals surface area contributed by atoms with Crippen LogP contribution in [0.15, 0.2) is 0 Å². The van der Waals surface area contributed by atoms with Crippen LogP contribution in [0, 0.1) is 12.4 Å². The van der Waals surface area contributed by atoms with Crippen molar-refractivity contribution in [2.24, 2.45) is 0 Å². The maximum atomic E-state index is 0. The van der Waals surface area contributed by atoms with Gasteiger partial charge in [0.1, 0.15) is 0 Å². The first-order valence-corrected chi connectivity index (χ1v) is 0. The molecule has 0 N–H and O–H groups in total. The number of rotatable bonds is 0. The summed E-state index contributed by atoms with van der Waals surface area (Å²) >= 11 is 0. The van der Waals surface area contributed by atoms with Gasteiger partial charge in [0.15, 0.2) is 0 Å². The minimum atomic E-state index is 0. The quantitative estimate of drug-likeness (QED) is 0.346. The second-order valence-electron chi connectivity index (χ2n) is 0. The van der Waals surface area contributed by atoms with Crippen molar-refractivity contribution in [2.45, 2.75) is 0 Å².